The summed E-state index contributed by atoms with van der Waals surface area (Å²) in [6.45, 7) is 5.06. The number of ether oxygens (including phenoxy) is 4. The van der Waals surface area contributed by atoms with Gasteiger partial charge in [0.2, 0.25) is 0 Å². The summed E-state index contributed by atoms with van der Waals surface area (Å²) < 4.78 is 49.9. The van der Waals surface area contributed by atoms with Crippen molar-refractivity contribution < 1.29 is 31.5 Å². The molecule has 0 unspecified atom stereocenters. The van der Waals surface area contributed by atoms with Crippen LogP contribution in [0.1, 0.15) is 5.56 Å². The molecule has 1 aromatic carbocycles. The molecule has 0 fully saturated rings. The minimum Gasteiger partial charge on any atom is -0.379 e. The fraction of sp³-hybridized carbons (Fsp3) is 0.647. The molecule has 0 bridgehead atoms. The van der Waals surface area contributed by atoms with Crippen LogP contribution in [-0.2, 0) is 33.2 Å². The average Bonchev–Trinajstić information content (AvgIpc) is 2.68. The van der Waals surface area contributed by atoms with Gasteiger partial charge >= 0.3 is 0 Å². The van der Waals surface area contributed by atoms with E-state index in [4.69, 9.17) is 28.7 Å². The number of nitrogens with zero attached hydrogens (tertiary/aromatic N) is 3. The third kappa shape index (κ3) is 11.9. The van der Waals surface area contributed by atoms with Crippen molar-refractivity contribution in [1.29, 1.82) is 0 Å². The van der Waals surface area contributed by atoms with Gasteiger partial charge in [-0.25, -0.2) is 0 Å². The second kappa shape index (κ2) is 15.2. The van der Waals surface area contributed by atoms with Crippen LogP contribution in [0.15, 0.2) is 34.3 Å². The van der Waals surface area contributed by atoms with E-state index >= 15 is 0 Å². The first-order chi connectivity index (χ1) is 13.6. The number of hydrogen-bond acceptors (Lipinski definition) is 8. The van der Waals surface area contributed by atoms with Gasteiger partial charge in [-0.15, -0.1) is 0 Å². The Morgan fingerprint density at radius 2 is 1.29 bits per heavy atom. The SMILES string of the molecule is Cc1ccc(S(=O)(=O)OCCOCCOCCOCCOCCN=[N+]=[N-])cc1. The molecule has 0 N–H and O–H groups in total. The summed E-state index contributed by atoms with van der Waals surface area (Å²) in [5.41, 5.74) is 9.05. The van der Waals surface area contributed by atoms with E-state index in [9.17, 15) is 8.42 Å². The summed E-state index contributed by atoms with van der Waals surface area (Å²) in [6, 6.07) is 6.45. The lowest BCUT2D eigenvalue weighted by molar-refractivity contribution is -0.00366. The van der Waals surface area contributed by atoms with Crippen molar-refractivity contribution >= 4 is 10.1 Å². The van der Waals surface area contributed by atoms with Gasteiger partial charge in [0, 0.05) is 11.5 Å². The third-order valence-corrected chi connectivity index (χ3v) is 4.62. The predicted octanol–water partition coefficient (Wildman–Crippen LogP) is 2.08. The average molecular weight is 417 g/mol. The van der Waals surface area contributed by atoms with Crippen LogP contribution >= 0.6 is 0 Å². The fourth-order valence-corrected chi connectivity index (χ4v) is 2.78. The molecule has 0 aliphatic carbocycles. The predicted molar refractivity (Wildman–Crippen MR) is 102 cm³/mol. The second-order valence-corrected chi connectivity index (χ2v) is 7.11. The van der Waals surface area contributed by atoms with Crippen molar-refractivity contribution in [3.8, 4) is 0 Å². The molecule has 10 nitrogen and oxygen atoms in total. The van der Waals surface area contributed by atoms with Gasteiger partial charge in [-0.2, -0.15) is 8.42 Å². The van der Waals surface area contributed by atoms with Crippen molar-refractivity contribution in [3.05, 3.63) is 40.3 Å². The van der Waals surface area contributed by atoms with Gasteiger partial charge in [0.1, 0.15) is 0 Å². The smallest absolute Gasteiger partial charge is 0.297 e. The Labute approximate surface area is 165 Å². The third-order valence-electron chi connectivity index (χ3n) is 3.29. The van der Waals surface area contributed by atoms with Crippen molar-refractivity contribution in [2.75, 3.05) is 66.0 Å². The molecule has 0 saturated heterocycles. The van der Waals surface area contributed by atoms with E-state index in [1.54, 1.807) is 12.1 Å². The molecule has 28 heavy (non-hydrogen) atoms. The van der Waals surface area contributed by atoms with E-state index in [2.05, 4.69) is 10.0 Å². The molecular formula is C17H27N3O7S. The van der Waals surface area contributed by atoms with Crippen LogP contribution in [0.2, 0.25) is 0 Å². The maximum Gasteiger partial charge on any atom is 0.297 e. The molecule has 1 aromatic rings. The minimum absolute atomic E-state index is 0.0565. The van der Waals surface area contributed by atoms with Crippen LogP contribution in [-0.4, -0.2) is 74.4 Å². The van der Waals surface area contributed by atoms with Gasteiger partial charge in [0.15, 0.2) is 0 Å². The van der Waals surface area contributed by atoms with E-state index in [1.807, 2.05) is 6.92 Å². The highest BCUT2D eigenvalue weighted by molar-refractivity contribution is 7.86. The van der Waals surface area contributed by atoms with E-state index < -0.39 is 10.1 Å². The zero-order chi connectivity index (χ0) is 20.5. The molecule has 158 valence electrons. The summed E-state index contributed by atoms with van der Waals surface area (Å²) in [5, 5.41) is 3.34. The normalized spacial score (nSPS) is 11.3. The summed E-state index contributed by atoms with van der Waals surface area (Å²) in [6.07, 6.45) is 0. The van der Waals surface area contributed by atoms with Gasteiger partial charge in [-0.05, 0) is 24.6 Å². The summed E-state index contributed by atoms with van der Waals surface area (Å²) in [7, 11) is -3.76. The molecule has 0 aliphatic heterocycles. The lowest BCUT2D eigenvalue weighted by atomic mass is 10.2. The number of hydrogen-bond donors (Lipinski definition) is 0. The Morgan fingerprint density at radius 1 is 0.821 bits per heavy atom. The van der Waals surface area contributed by atoms with Gasteiger partial charge in [0.05, 0.1) is 64.4 Å². The molecule has 0 aliphatic rings. The maximum absolute atomic E-state index is 11.9. The number of aryl methyl sites for hydroxylation is 1. The fourth-order valence-electron chi connectivity index (χ4n) is 1.89. The zero-order valence-electron chi connectivity index (χ0n) is 16.0. The molecule has 0 heterocycles. The summed E-state index contributed by atoms with van der Waals surface area (Å²) >= 11 is 0. The quantitative estimate of drug-likeness (QED) is 0.125. The van der Waals surface area contributed by atoms with Crippen LogP contribution in [0.3, 0.4) is 0 Å². The van der Waals surface area contributed by atoms with E-state index in [0.29, 0.717) is 52.8 Å². The highest BCUT2D eigenvalue weighted by atomic mass is 32.2. The first-order valence-electron chi connectivity index (χ1n) is 8.84. The van der Waals surface area contributed by atoms with Crippen molar-refractivity contribution in [1.82, 2.24) is 0 Å². The lowest BCUT2D eigenvalue weighted by Gasteiger charge is -2.08. The molecule has 11 heteroatoms. The van der Waals surface area contributed by atoms with E-state index in [-0.39, 0.29) is 18.1 Å². The molecule has 1 rings (SSSR count). The Balaban J connectivity index is 1.90. The highest BCUT2D eigenvalue weighted by Crippen LogP contribution is 2.12. The Kier molecular flexibility index (Phi) is 13.2. The highest BCUT2D eigenvalue weighted by Gasteiger charge is 2.14. The summed E-state index contributed by atoms with van der Waals surface area (Å²) in [5.74, 6) is 0. The van der Waals surface area contributed by atoms with Gasteiger partial charge in [-0.3, -0.25) is 4.18 Å². The van der Waals surface area contributed by atoms with Crippen LogP contribution in [0, 0.1) is 6.92 Å². The minimum atomic E-state index is -3.76. The van der Waals surface area contributed by atoms with Crippen molar-refractivity contribution in [2.24, 2.45) is 5.11 Å². The number of rotatable bonds is 17. The monoisotopic (exact) mass is 417 g/mol. The maximum atomic E-state index is 11.9. The van der Waals surface area contributed by atoms with Gasteiger partial charge < -0.3 is 18.9 Å². The van der Waals surface area contributed by atoms with Crippen molar-refractivity contribution in [2.45, 2.75) is 11.8 Å². The summed E-state index contributed by atoms with van der Waals surface area (Å²) in [4.78, 5) is 2.74. The van der Waals surface area contributed by atoms with E-state index in [0.717, 1.165) is 5.56 Å². The Morgan fingerprint density at radius 3 is 1.79 bits per heavy atom. The lowest BCUT2D eigenvalue weighted by Crippen LogP contribution is -2.15. The molecule has 0 amide bonds. The molecule has 0 spiro atoms. The number of benzene rings is 1. The molecular weight excluding hydrogens is 390 g/mol. The van der Waals surface area contributed by atoms with Crippen LogP contribution in [0.4, 0.5) is 0 Å². The topological polar surface area (TPSA) is 129 Å². The first-order valence-corrected chi connectivity index (χ1v) is 10.2. The molecule has 0 atom stereocenters. The molecule has 0 aromatic heterocycles. The second-order valence-electron chi connectivity index (χ2n) is 5.49. The largest absolute Gasteiger partial charge is 0.379 e. The van der Waals surface area contributed by atoms with Gasteiger partial charge in [-0.1, -0.05) is 22.8 Å². The Bertz CT molecular complexity index is 676. The standard InChI is InChI=1S/C17H27N3O7S/c1-16-2-4-17(5-3-16)28(21,22)27-15-14-26-13-12-25-11-10-24-9-8-23-7-6-19-20-18/h2-5H,6-15H2,1H3. The van der Waals surface area contributed by atoms with Crippen molar-refractivity contribution in [3.63, 3.8) is 0 Å². The van der Waals surface area contributed by atoms with Crippen LogP contribution in [0.5, 0.6) is 0 Å². The van der Waals surface area contributed by atoms with Gasteiger partial charge in [0.25, 0.3) is 10.1 Å². The first kappa shape index (κ1) is 24.3. The Hall–Kier alpha value is -1.72. The van der Waals surface area contributed by atoms with E-state index in [1.165, 1.54) is 12.1 Å². The van der Waals surface area contributed by atoms with Crippen LogP contribution < -0.4 is 0 Å². The van der Waals surface area contributed by atoms with Crippen LogP contribution in [0.25, 0.3) is 10.4 Å². The zero-order valence-corrected chi connectivity index (χ0v) is 16.8. The molecule has 0 saturated carbocycles. The number of azide groups is 1. The molecule has 0 radical (unpaired) electrons.